The van der Waals surface area contributed by atoms with Crippen molar-refractivity contribution < 1.29 is 9.18 Å². The summed E-state index contributed by atoms with van der Waals surface area (Å²) in [6, 6.07) is 14.2. The van der Waals surface area contributed by atoms with Gasteiger partial charge in [0.25, 0.3) is 0 Å². The summed E-state index contributed by atoms with van der Waals surface area (Å²) in [5, 5.41) is 5.21. The van der Waals surface area contributed by atoms with Gasteiger partial charge in [-0.2, -0.15) is 0 Å². The van der Waals surface area contributed by atoms with Crippen molar-refractivity contribution in [2.24, 2.45) is 0 Å². The third-order valence-corrected chi connectivity index (χ3v) is 4.44. The van der Waals surface area contributed by atoms with Crippen LogP contribution in [-0.4, -0.2) is 10.9 Å². The topological polar surface area (TPSA) is 42.0 Å². The van der Waals surface area contributed by atoms with E-state index in [1.807, 2.05) is 29.6 Å². The molecule has 122 valence electrons. The van der Waals surface area contributed by atoms with Gasteiger partial charge in [0.15, 0.2) is 5.13 Å². The van der Waals surface area contributed by atoms with Crippen molar-refractivity contribution in [2.45, 2.75) is 19.8 Å². The van der Waals surface area contributed by atoms with Crippen LogP contribution in [0.2, 0.25) is 0 Å². The highest BCUT2D eigenvalue weighted by Crippen LogP contribution is 2.25. The Balaban J connectivity index is 1.63. The Labute approximate surface area is 144 Å². The van der Waals surface area contributed by atoms with Gasteiger partial charge in [0.2, 0.25) is 5.91 Å². The second-order valence-corrected chi connectivity index (χ2v) is 6.30. The molecule has 1 heterocycles. The maximum Gasteiger partial charge on any atom is 0.230 e. The van der Waals surface area contributed by atoms with Gasteiger partial charge in [-0.15, -0.1) is 11.3 Å². The van der Waals surface area contributed by atoms with Crippen LogP contribution >= 0.6 is 11.3 Å². The minimum Gasteiger partial charge on any atom is -0.302 e. The molecule has 0 radical (unpaired) electrons. The van der Waals surface area contributed by atoms with Crippen LogP contribution in [0.3, 0.4) is 0 Å². The van der Waals surface area contributed by atoms with E-state index in [-0.39, 0.29) is 11.7 Å². The van der Waals surface area contributed by atoms with Gasteiger partial charge in [-0.1, -0.05) is 31.2 Å². The number of rotatable bonds is 5. The number of anilines is 1. The van der Waals surface area contributed by atoms with Gasteiger partial charge in [0.05, 0.1) is 12.1 Å². The molecule has 0 aliphatic rings. The summed E-state index contributed by atoms with van der Waals surface area (Å²) in [5.41, 5.74) is 3.77. The van der Waals surface area contributed by atoms with E-state index in [9.17, 15) is 9.18 Å². The standard InChI is InChI=1S/C19H17FN2OS/c1-2-13-3-5-14(6-4-13)11-18(23)22-19-21-17(12-24-19)15-7-9-16(20)10-8-15/h3-10,12H,2,11H2,1H3,(H,21,22,23). The zero-order valence-corrected chi connectivity index (χ0v) is 14.1. The predicted octanol–water partition coefficient (Wildman–Crippen LogP) is 4.69. The van der Waals surface area contributed by atoms with Crippen molar-refractivity contribution in [1.29, 1.82) is 0 Å². The van der Waals surface area contributed by atoms with Crippen LogP contribution < -0.4 is 5.32 Å². The molecule has 0 saturated carbocycles. The normalized spacial score (nSPS) is 10.6. The third-order valence-electron chi connectivity index (χ3n) is 3.69. The fourth-order valence-corrected chi connectivity index (χ4v) is 3.06. The lowest BCUT2D eigenvalue weighted by atomic mass is 10.1. The van der Waals surface area contributed by atoms with Gasteiger partial charge in [0, 0.05) is 10.9 Å². The van der Waals surface area contributed by atoms with Crippen molar-refractivity contribution in [3.63, 3.8) is 0 Å². The minimum atomic E-state index is -0.281. The summed E-state index contributed by atoms with van der Waals surface area (Å²) in [4.78, 5) is 16.5. The van der Waals surface area contributed by atoms with Gasteiger partial charge in [-0.05, 0) is 41.8 Å². The first kappa shape index (κ1) is 16.3. The summed E-state index contributed by atoms with van der Waals surface area (Å²) in [5.74, 6) is -0.379. The Bertz CT molecular complexity index is 825. The van der Waals surface area contributed by atoms with Gasteiger partial charge in [-0.3, -0.25) is 4.79 Å². The number of halogens is 1. The maximum atomic E-state index is 13.0. The van der Waals surface area contributed by atoms with Crippen molar-refractivity contribution in [2.75, 3.05) is 5.32 Å². The van der Waals surface area contributed by atoms with Gasteiger partial charge in [0.1, 0.15) is 5.82 Å². The number of aryl methyl sites for hydroxylation is 1. The summed E-state index contributed by atoms with van der Waals surface area (Å²) in [7, 11) is 0. The summed E-state index contributed by atoms with van der Waals surface area (Å²) >= 11 is 1.36. The molecule has 0 bridgehead atoms. The number of nitrogens with one attached hydrogen (secondary N) is 1. The van der Waals surface area contributed by atoms with E-state index in [0.717, 1.165) is 23.2 Å². The molecule has 0 atom stereocenters. The average Bonchev–Trinajstić information content (AvgIpc) is 3.04. The molecule has 3 aromatic rings. The molecule has 24 heavy (non-hydrogen) atoms. The molecule has 0 spiro atoms. The first-order chi connectivity index (χ1) is 11.6. The van der Waals surface area contributed by atoms with Crippen molar-refractivity contribution >= 4 is 22.4 Å². The molecule has 1 N–H and O–H groups in total. The van der Waals surface area contributed by atoms with Gasteiger partial charge in [-0.25, -0.2) is 9.37 Å². The lowest BCUT2D eigenvalue weighted by molar-refractivity contribution is -0.115. The molecule has 0 unspecified atom stereocenters. The quantitative estimate of drug-likeness (QED) is 0.732. The zero-order valence-electron chi connectivity index (χ0n) is 13.3. The molecule has 3 rings (SSSR count). The second kappa shape index (κ2) is 7.36. The van der Waals surface area contributed by atoms with E-state index in [2.05, 4.69) is 17.2 Å². The van der Waals surface area contributed by atoms with Crippen molar-refractivity contribution in [1.82, 2.24) is 4.98 Å². The number of amides is 1. The Morgan fingerprint density at radius 1 is 1.08 bits per heavy atom. The number of benzene rings is 2. The molecule has 1 aromatic heterocycles. The monoisotopic (exact) mass is 340 g/mol. The first-order valence-electron chi connectivity index (χ1n) is 7.73. The maximum absolute atomic E-state index is 13.0. The van der Waals surface area contributed by atoms with Crippen LogP contribution in [0, 0.1) is 5.82 Å². The van der Waals surface area contributed by atoms with Crippen LogP contribution in [0.1, 0.15) is 18.1 Å². The van der Waals surface area contributed by atoms with Crippen LogP contribution in [0.15, 0.2) is 53.9 Å². The third kappa shape index (κ3) is 4.06. The van der Waals surface area contributed by atoms with Crippen molar-refractivity contribution in [3.8, 4) is 11.3 Å². The molecule has 0 saturated heterocycles. The van der Waals surface area contributed by atoms with E-state index in [1.165, 1.54) is 29.0 Å². The second-order valence-electron chi connectivity index (χ2n) is 5.44. The van der Waals surface area contributed by atoms with E-state index in [4.69, 9.17) is 0 Å². The van der Waals surface area contributed by atoms with E-state index >= 15 is 0 Å². The number of carbonyl (C=O) groups is 1. The first-order valence-corrected chi connectivity index (χ1v) is 8.61. The Morgan fingerprint density at radius 2 is 1.75 bits per heavy atom. The summed E-state index contributed by atoms with van der Waals surface area (Å²) in [6.45, 7) is 2.10. The van der Waals surface area contributed by atoms with E-state index in [0.29, 0.717) is 11.6 Å². The summed E-state index contributed by atoms with van der Waals surface area (Å²) in [6.07, 6.45) is 1.30. The number of carbonyl (C=O) groups excluding carboxylic acids is 1. The number of hydrogen-bond donors (Lipinski definition) is 1. The minimum absolute atomic E-state index is 0.0979. The van der Waals surface area contributed by atoms with Crippen molar-refractivity contribution in [3.05, 3.63) is 70.9 Å². The average molecular weight is 340 g/mol. The molecule has 0 aliphatic carbocycles. The highest BCUT2D eigenvalue weighted by molar-refractivity contribution is 7.14. The SMILES string of the molecule is CCc1ccc(CC(=O)Nc2nc(-c3ccc(F)cc3)cs2)cc1. The van der Waals surface area contributed by atoms with E-state index < -0.39 is 0 Å². The predicted molar refractivity (Wildman–Crippen MR) is 95.7 cm³/mol. The van der Waals surface area contributed by atoms with Crippen LogP contribution in [-0.2, 0) is 17.6 Å². The molecule has 0 fully saturated rings. The fourth-order valence-electron chi connectivity index (χ4n) is 2.33. The number of aromatic nitrogens is 1. The molecular formula is C19H17FN2OS. The number of thiazole rings is 1. The van der Waals surface area contributed by atoms with Gasteiger partial charge >= 0.3 is 0 Å². The van der Waals surface area contributed by atoms with Crippen LogP contribution in [0.5, 0.6) is 0 Å². The highest BCUT2D eigenvalue weighted by atomic mass is 32.1. The van der Waals surface area contributed by atoms with Gasteiger partial charge < -0.3 is 5.32 Å². The molecule has 0 aliphatic heterocycles. The van der Waals surface area contributed by atoms with E-state index in [1.54, 1.807) is 12.1 Å². The Kier molecular flexibility index (Phi) is 5.01. The number of hydrogen-bond acceptors (Lipinski definition) is 3. The Morgan fingerprint density at radius 3 is 2.42 bits per heavy atom. The molecule has 3 nitrogen and oxygen atoms in total. The smallest absolute Gasteiger partial charge is 0.230 e. The highest BCUT2D eigenvalue weighted by Gasteiger charge is 2.09. The number of nitrogens with zero attached hydrogens (tertiary/aromatic N) is 1. The lowest BCUT2D eigenvalue weighted by Gasteiger charge is -2.03. The largest absolute Gasteiger partial charge is 0.302 e. The Hall–Kier alpha value is -2.53. The van der Waals surface area contributed by atoms with Crippen LogP contribution in [0.25, 0.3) is 11.3 Å². The summed E-state index contributed by atoms with van der Waals surface area (Å²) < 4.78 is 13.0. The fraction of sp³-hybridized carbons (Fsp3) is 0.158. The molecule has 5 heteroatoms. The molecule has 1 amide bonds. The zero-order chi connectivity index (χ0) is 16.9. The van der Waals surface area contributed by atoms with Crippen LogP contribution in [0.4, 0.5) is 9.52 Å². The lowest BCUT2D eigenvalue weighted by Crippen LogP contribution is -2.14. The molecule has 2 aromatic carbocycles. The molecular weight excluding hydrogens is 323 g/mol.